The molecule has 0 spiro atoms. The van der Waals surface area contributed by atoms with E-state index in [0.29, 0.717) is 0 Å². The van der Waals surface area contributed by atoms with Crippen molar-refractivity contribution in [3.8, 4) is 5.75 Å². The molecule has 5 nitrogen and oxygen atoms in total. The number of rotatable bonds is 3. The van der Waals surface area contributed by atoms with Crippen LogP contribution in [0.1, 0.15) is 5.56 Å². The average molecular weight is 273 g/mol. The fraction of sp³-hybridized carbons (Fsp3) is 0.0909. The van der Waals surface area contributed by atoms with Crippen molar-refractivity contribution in [3.05, 3.63) is 35.9 Å². The number of nitrogens with one attached hydrogen (secondary N) is 2. The van der Waals surface area contributed by atoms with Crippen molar-refractivity contribution < 1.29 is 22.7 Å². The van der Waals surface area contributed by atoms with Crippen molar-refractivity contribution in [2.24, 2.45) is 5.73 Å². The maximum absolute atomic E-state index is 12.1. The van der Waals surface area contributed by atoms with E-state index in [4.69, 9.17) is 11.1 Å². The lowest BCUT2D eigenvalue weighted by atomic mass is 10.2. The van der Waals surface area contributed by atoms with Crippen LogP contribution in [0.15, 0.2) is 30.3 Å². The summed E-state index contributed by atoms with van der Waals surface area (Å²) >= 11 is 0. The minimum absolute atomic E-state index is 0.0681. The Morgan fingerprint density at radius 1 is 1.37 bits per heavy atom. The third-order valence-corrected chi connectivity index (χ3v) is 1.82. The molecule has 4 N–H and O–H groups in total. The Labute approximate surface area is 106 Å². The van der Waals surface area contributed by atoms with E-state index < -0.39 is 24.0 Å². The van der Waals surface area contributed by atoms with Gasteiger partial charge in [0.2, 0.25) is 0 Å². The Bertz CT molecular complexity index is 512. The van der Waals surface area contributed by atoms with Crippen molar-refractivity contribution in [1.82, 2.24) is 5.32 Å². The first-order valence-electron chi connectivity index (χ1n) is 4.96. The van der Waals surface area contributed by atoms with E-state index in [1.54, 1.807) is 0 Å². The normalized spacial score (nSPS) is 11.3. The second-order valence-corrected chi connectivity index (χ2v) is 3.32. The van der Waals surface area contributed by atoms with Crippen LogP contribution in [0.4, 0.5) is 13.2 Å². The SMILES string of the molecule is N=C(N)NC(=O)/C=C/c1ccccc1OC(F)(F)F. The molecule has 1 aromatic rings. The number of nitrogens with two attached hydrogens (primary N) is 1. The Hall–Kier alpha value is -2.51. The van der Waals surface area contributed by atoms with Crippen molar-refractivity contribution in [2.75, 3.05) is 0 Å². The lowest BCUT2D eigenvalue weighted by molar-refractivity contribution is -0.274. The number of guanidine groups is 1. The molecule has 8 heteroatoms. The van der Waals surface area contributed by atoms with Gasteiger partial charge >= 0.3 is 6.36 Å². The largest absolute Gasteiger partial charge is 0.573 e. The minimum atomic E-state index is -4.81. The Kier molecular flexibility index (Phi) is 4.51. The molecule has 1 rings (SSSR count). The number of hydrogen-bond donors (Lipinski definition) is 3. The molecule has 0 saturated heterocycles. The molecule has 1 amide bonds. The van der Waals surface area contributed by atoms with Gasteiger partial charge in [0, 0.05) is 11.6 Å². The van der Waals surface area contributed by atoms with Crippen LogP contribution >= 0.6 is 0 Å². The van der Waals surface area contributed by atoms with Gasteiger partial charge in [0.05, 0.1) is 0 Å². The molecule has 0 radical (unpaired) electrons. The van der Waals surface area contributed by atoms with Gasteiger partial charge in [-0.3, -0.25) is 15.5 Å². The van der Waals surface area contributed by atoms with Gasteiger partial charge in [-0.15, -0.1) is 13.2 Å². The van der Waals surface area contributed by atoms with Gasteiger partial charge in [-0.25, -0.2) is 0 Å². The van der Waals surface area contributed by atoms with Crippen LogP contribution in [-0.2, 0) is 4.79 Å². The summed E-state index contributed by atoms with van der Waals surface area (Å²) in [5.41, 5.74) is 4.99. The molecule has 1 aromatic carbocycles. The molecule has 0 fully saturated rings. The molecule has 0 aromatic heterocycles. The van der Waals surface area contributed by atoms with Crippen molar-refractivity contribution in [1.29, 1.82) is 5.41 Å². The van der Waals surface area contributed by atoms with E-state index in [0.717, 1.165) is 18.2 Å². The molecule has 0 aliphatic rings. The van der Waals surface area contributed by atoms with Crippen LogP contribution in [-0.4, -0.2) is 18.2 Å². The molecule has 0 unspecified atom stereocenters. The lowest BCUT2D eigenvalue weighted by Crippen LogP contribution is -2.34. The Morgan fingerprint density at radius 3 is 2.58 bits per heavy atom. The summed E-state index contributed by atoms with van der Waals surface area (Å²) in [7, 11) is 0. The van der Waals surface area contributed by atoms with E-state index >= 15 is 0 Å². The fourth-order valence-electron chi connectivity index (χ4n) is 1.18. The lowest BCUT2D eigenvalue weighted by Gasteiger charge is -2.10. The van der Waals surface area contributed by atoms with Gasteiger partial charge in [0.1, 0.15) is 5.75 Å². The number of carbonyl (C=O) groups is 1. The van der Waals surface area contributed by atoms with E-state index in [9.17, 15) is 18.0 Å². The highest BCUT2D eigenvalue weighted by Gasteiger charge is 2.31. The Morgan fingerprint density at radius 2 is 2.00 bits per heavy atom. The van der Waals surface area contributed by atoms with Crippen LogP contribution in [0.5, 0.6) is 5.75 Å². The summed E-state index contributed by atoms with van der Waals surface area (Å²) in [5.74, 6) is -1.72. The quantitative estimate of drug-likeness (QED) is 0.444. The molecule has 0 heterocycles. The number of ether oxygens (including phenoxy) is 1. The van der Waals surface area contributed by atoms with Gasteiger partial charge in [-0.1, -0.05) is 18.2 Å². The number of hydrogen-bond acceptors (Lipinski definition) is 3. The van der Waals surface area contributed by atoms with Gasteiger partial charge in [0.15, 0.2) is 5.96 Å². The maximum Gasteiger partial charge on any atom is 0.573 e. The summed E-state index contributed by atoms with van der Waals surface area (Å²) in [6.45, 7) is 0. The van der Waals surface area contributed by atoms with Crippen LogP contribution < -0.4 is 15.8 Å². The summed E-state index contributed by atoms with van der Waals surface area (Å²) < 4.78 is 40.2. The number of benzene rings is 1. The molecular formula is C11H10F3N3O2. The predicted molar refractivity (Wildman–Crippen MR) is 62.2 cm³/mol. The smallest absolute Gasteiger partial charge is 0.405 e. The zero-order valence-corrected chi connectivity index (χ0v) is 9.49. The van der Waals surface area contributed by atoms with Gasteiger partial charge in [-0.2, -0.15) is 0 Å². The first-order valence-corrected chi connectivity index (χ1v) is 4.96. The summed E-state index contributed by atoms with van der Waals surface area (Å²) in [4.78, 5) is 11.1. The summed E-state index contributed by atoms with van der Waals surface area (Å²) in [6.07, 6.45) is -2.75. The number of para-hydroxylation sites is 1. The summed E-state index contributed by atoms with van der Waals surface area (Å²) in [6, 6.07) is 5.33. The maximum atomic E-state index is 12.1. The molecule has 19 heavy (non-hydrogen) atoms. The predicted octanol–water partition coefficient (Wildman–Crippen LogP) is 1.61. The van der Waals surface area contributed by atoms with Gasteiger partial charge < -0.3 is 10.5 Å². The number of alkyl halides is 3. The highest BCUT2D eigenvalue weighted by atomic mass is 19.4. The highest BCUT2D eigenvalue weighted by Crippen LogP contribution is 2.26. The third-order valence-electron chi connectivity index (χ3n) is 1.82. The monoisotopic (exact) mass is 273 g/mol. The molecule has 0 bridgehead atoms. The number of carbonyl (C=O) groups excluding carboxylic acids is 1. The van der Waals surface area contributed by atoms with E-state index in [2.05, 4.69) is 4.74 Å². The van der Waals surface area contributed by atoms with Gasteiger partial charge in [0.25, 0.3) is 5.91 Å². The molecule has 0 saturated carbocycles. The fourth-order valence-corrected chi connectivity index (χ4v) is 1.18. The van der Waals surface area contributed by atoms with Crippen molar-refractivity contribution in [2.45, 2.75) is 6.36 Å². The molecule has 0 aliphatic carbocycles. The standard InChI is InChI=1S/C11H10F3N3O2/c12-11(13,14)19-8-4-2-1-3-7(8)5-6-9(18)17-10(15)16/h1-6H,(H4,15,16,17,18)/b6-5+. The first-order chi connectivity index (χ1) is 8.78. The Balaban J connectivity index is 2.86. The minimum Gasteiger partial charge on any atom is -0.405 e. The van der Waals surface area contributed by atoms with Crippen molar-refractivity contribution >= 4 is 17.9 Å². The zero-order chi connectivity index (χ0) is 14.5. The second-order valence-electron chi connectivity index (χ2n) is 3.32. The molecule has 0 atom stereocenters. The summed E-state index contributed by atoms with van der Waals surface area (Å²) in [5, 5.41) is 8.76. The number of halogens is 3. The molecule has 0 aliphatic heterocycles. The van der Waals surface area contributed by atoms with E-state index in [1.165, 1.54) is 18.2 Å². The van der Waals surface area contributed by atoms with Crippen molar-refractivity contribution in [3.63, 3.8) is 0 Å². The van der Waals surface area contributed by atoms with E-state index in [1.807, 2.05) is 5.32 Å². The molecular weight excluding hydrogens is 263 g/mol. The van der Waals surface area contributed by atoms with Gasteiger partial charge in [-0.05, 0) is 12.1 Å². The second kappa shape index (κ2) is 5.89. The third kappa shape index (κ3) is 5.57. The highest BCUT2D eigenvalue weighted by molar-refractivity contribution is 6.02. The molecule has 102 valence electrons. The van der Waals surface area contributed by atoms with Crippen LogP contribution in [0, 0.1) is 5.41 Å². The average Bonchev–Trinajstić information content (AvgIpc) is 2.25. The zero-order valence-electron chi connectivity index (χ0n) is 9.49. The van der Waals surface area contributed by atoms with Crippen LogP contribution in [0.3, 0.4) is 0 Å². The van der Waals surface area contributed by atoms with E-state index in [-0.39, 0.29) is 5.56 Å². The first kappa shape index (κ1) is 14.6. The van der Waals surface area contributed by atoms with Crippen LogP contribution in [0.2, 0.25) is 0 Å². The number of amides is 1. The van der Waals surface area contributed by atoms with Crippen LogP contribution in [0.25, 0.3) is 6.08 Å². The topological polar surface area (TPSA) is 88.2 Å².